The van der Waals surface area contributed by atoms with Gasteiger partial charge in [-0.3, -0.25) is 0 Å². The van der Waals surface area contributed by atoms with E-state index in [0.717, 1.165) is 31.5 Å². The van der Waals surface area contributed by atoms with Crippen molar-refractivity contribution in [2.75, 3.05) is 19.6 Å². The van der Waals surface area contributed by atoms with E-state index in [-0.39, 0.29) is 11.9 Å². The quantitative estimate of drug-likeness (QED) is 0.813. The van der Waals surface area contributed by atoms with Crippen LogP contribution in [0.15, 0.2) is 24.3 Å². The summed E-state index contributed by atoms with van der Waals surface area (Å²) in [5.41, 5.74) is 1.08. The van der Waals surface area contributed by atoms with Gasteiger partial charge in [0.15, 0.2) is 0 Å². The Morgan fingerprint density at radius 3 is 2.95 bits per heavy atom. The van der Waals surface area contributed by atoms with Crippen molar-refractivity contribution in [3.8, 4) is 0 Å². The van der Waals surface area contributed by atoms with Gasteiger partial charge in [-0.1, -0.05) is 25.5 Å². The minimum Gasteiger partial charge on any atom is -0.310 e. The third kappa shape index (κ3) is 5.08. The average Bonchev–Trinajstić information content (AvgIpc) is 2.49. The topological polar surface area (TPSA) is 15.3 Å². The first-order valence-electron chi connectivity index (χ1n) is 8.43. The second kappa shape index (κ2) is 8.50. The van der Waals surface area contributed by atoms with Crippen LogP contribution in [0, 0.1) is 5.82 Å². The molecule has 1 fully saturated rings. The summed E-state index contributed by atoms with van der Waals surface area (Å²) in [5, 5.41) is 3.57. The van der Waals surface area contributed by atoms with E-state index in [9.17, 15) is 4.39 Å². The summed E-state index contributed by atoms with van der Waals surface area (Å²) in [4.78, 5) is 2.59. The molecule has 0 aliphatic carbocycles. The molecule has 0 aromatic heterocycles. The van der Waals surface area contributed by atoms with Crippen LogP contribution in [0.4, 0.5) is 4.39 Å². The normalized spacial score (nSPS) is 21.4. The second-order valence-corrected chi connectivity index (χ2v) is 6.23. The summed E-state index contributed by atoms with van der Waals surface area (Å²) in [6, 6.07) is 8.00. The number of nitrogens with one attached hydrogen (secondary N) is 1. The van der Waals surface area contributed by atoms with Crippen molar-refractivity contribution in [1.82, 2.24) is 10.2 Å². The molecule has 1 aliphatic rings. The summed E-state index contributed by atoms with van der Waals surface area (Å²) in [5.74, 6) is -0.137. The smallest absolute Gasteiger partial charge is 0.123 e. The Morgan fingerprint density at radius 1 is 1.38 bits per heavy atom. The fourth-order valence-corrected chi connectivity index (χ4v) is 3.21. The molecular weight excluding hydrogens is 263 g/mol. The Hall–Kier alpha value is -0.930. The molecule has 1 saturated heterocycles. The Labute approximate surface area is 128 Å². The van der Waals surface area contributed by atoms with Crippen molar-refractivity contribution in [3.63, 3.8) is 0 Å². The highest BCUT2D eigenvalue weighted by atomic mass is 19.1. The van der Waals surface area contributed by atoms with Crippen LogP contribution < -0.4 is 5.32 Å². The standard InChI is InChI=1S/C18H29FN2/c1-3-11-20-18(16-8-6-9-17(19)14-16)10-13-21-12-5-4-7-15(21)2/h6,8-9,14-15,18,20H,3-5,7,10-13H2,1-2H3. The van der Waals surface area contributed by atoms with Gasteiger partial charge < -0.3 is 10.2 Å². The number of piperidine rings is 1. The van der Waals surface area contributed by atoms with Crippen LogP contribution in [-0.2, 0) is 0 Å². The van der Waals surface area contributed by atoms with Gasteiger partial charge in [0.05, 0.1) is 0 Å². The zero-order chi connectivity index (χ0) is 15.1. The van der Waals surface area contributed by atoms with Gasteiger partial charge in [-0.15, -0.1) is 0 Å². The maximum atomic E-state index is 13.5. The molecule has 0 amide bonds. The number of halogens is 1. The van der Waals surface area contributed by atoms with Crippen LogP contribution in [0.2, 0.25) is 0 Å². The number of hydrogen-bond donors (Lipinski definition) is 1. The van der Waals surface area contributed by atoms with E-state index < -0.39 is 0 Å². The lowest BCUT2D eigenvalue weighted by Crippen LogP contribution is -2.39. The van der Waals surface area contributed by atoms with Gasteiger partial charge >= 0.3 is 0 Å². The fraction of sp³-hybridized carbons (Fsp3) is 0.667. The molecule has 1 aromatic carbocycles. The maximum Gasteiger partial charge on any atom is 0.123 e. The first kappa shape index (κ1) is 16.4. The lowest BCUT2D eigenvalue weighted by atomic mass is 10.00. The summed E-state index contributed by atoms with van der Waals surface area (Å²) >= 11 is 0. The molecule has 0 spiro atoms. The monoisotopic (exact) mass is 292 g/mol. The van der Waals surface area contributed by atoms with Gasteiger partial charge in [0.25, 0.3) is 0 Å². The van der Waals surface area contributed by atoms with Gasteiger partial charge in [0.2, 0.25) is 0 Å². The molecule has 21 heavy (non-hydrogen) atoms. The molecular formula is C18H29FN2. The molecule has 2 nitrogen and oxygen atoms in total. The molecule has 2 unspecified atom stereocenters. The summed E-state index contributed by atoms with van der Waals surface area (Å²) in [7, 11) is 0. The predicted molar refractivity (Wildman–Crippen MR) is 86.9 cm³/mol. The molecule has 0 radical (unpaired) electrons. The first-order chi connectivity index (χ1) is 10.2. The predicted octanol–water partition coefficient (Wildman–Crippen LogP) is 4.13. The highest BCUT2D eigenvalue weighted by molar-refractivity contribution is 5.20. The third-order valence-corrected chi connectivity index (χ3v) is 4.54. The highest BCUT2D eigenvalue weighted by Gasteiger charge is 2.20. The molecule has 1 aromatic rings. The molecule has 1 N–H and O–H groups in total. The molecule has 0 saturated carbocycles. The van der Waals surface area contributed by atoms with Gasteiger partial charge in [-0.25, -0.2) is 4.39 Å². The van der Waals surface area contributed by atoms with E-state index in [1.165, 1.54) is 31.9 Å². The van der Waals surface area contributed by atoms with Gasteiger partial charge in [0.1, 0.15) is 5.82 Å². The summed E-state index contributed by atoms with van der Waals surface area (Å²) in [6.07, 6.45) is 6.14. The van der Waals surface area contributed by atoms with E-state index in [4.69, 9.17) is 0 Å². The summed E-state index contributed by atoms with van der Waals surface area (Å²) < 4.78 is 13.5. The Morgan fingerprint density at radius 2 is 2.24 bits per heavy atom. The van der Waals surface area contributed by atoms with Crippen molar-refractivity contribution in [2.24, 2.45) is 0 Å². The van der Waals surface area contributed by atoms with Crippen LogP contribution in [0.5, 0.6) is 0 Å². The van der Waals surface area contributed by atoms with E-state index in [1.54, 1.807) is 6.07 Å². The lowest BCUT2D eigenvalue weighted by molar-refractivity contribution is 0.153. The van der Waals surface area contributed by atoms with E-state index in [1.807, 2.05) is 12.1 Å². The molecule has 1 aliphatic heterocycles. The zero-order valence-electron chi connectivity index (χ0n) is 13.4. The van der Waals surface area contributed by atoms with Gasteiger partial charge in [-0.05, 0) is 63.4 Å². The van der Waals surface area contributed by atoms with Crippen LogP contribution in [0.25, 0.3) is 0 Å². The number of rotatable bonds is 7. The largest absolute Gasteiger partial charge is 0.310 e. The molecule has 2 atom stereocenters. The second-order valence-electron chi connectivity index (χ2n) is 6.23. The SMILES string of the molecule is CCCNC(CCN1CCCCC1C)c1cccc(F)c1. The van der Waals surface area contributed by atoms with Crippen LogP contribution in [-0.4, -0.2) is 30.6 Å². The molecule has 0 bridgehead atoms. The van der Waals surface area contributed by atoms with Crippen LogP contribution in [0.1, 0.15) is 57.6 Å². The van der Waals surface area contributed by atoms with E-state index >= 15 is 0 Å². The van der Waals surface area contributed by atoms with Crippen molar-refractivity contribution in [3.05, 3.63) is 35.6 Å². The van der Waals surface area contributed by atoms with Crippen molar-refractivity contribution < 1.29 is 4.39 Å². The molecule has 3 heteroatoms. The average molecular weight is 292 g/mol. The Bertz CT molecular complexity index is 421. The first-order valence-corrected chi connectivity index (χ1v) is 8.43. The number of benzene rings is 1. The molecule has 118 valence electrons. The van der Waals surface area contributed by atoms with Gasteiger partial charge in [-0.2, -0.15) is 0 Å². The fourth-order valence-electron chi connectivity index (χ4n) is 3.21. The van der Waals surface area contributed by atoms with Crippen molar-refractivity contribution in [1.29, 1.82) is 0 Å². The Kier molecular flexibility index (Phi) is 6.65. The third-order valence-electron chi connectivity index (χ3n) is 4.54. The lowest BCUT2D eigenvalue weighted by Gasteiger charge is -2.34. The maximum absolute atomic E-state index is 13.5. The number of hydrogen-bond acceptors (Lipinski definition) is 2. The van der Waals surface area contributed by atoms with Crippen molar-refractivity contribution in [2.45, 2.75) is 58.0 Å². The molecule has 2 rings (SSSR count). The number of likely N-dealkylation sites (tertiary alicyclic amines) is 1. The van der Waals surface area contributed by atoms with E-state index in [2.05, 4.69) is 24.1 Å². The highest BCUT2D eigenvalue weighted by Crippen LogP contribution is 2.22. The Balaban J connectivity index is 1.95. The molecule has 1 heterocycles. The van der Waals surface area contributed by atoms with Crippen LogP contribution >= 0.6 is 0 Å². The summed E-state index contributed by atoms with van der Waals surface area (Å²) in [6.45, 7) is 7.79. The minimum absolute atomic E-state index is 0.137. The number of nitrogens with zero attached hydrogens (tertiary/aromatic N) is 1. The minimum atomic E-state index is -0.137. The van der Waals surface area contributed by atoms with Gasteiger partial charge in [0, 0.05) is 18.6 Å². The van der Waals surface area contributed by atoms with Crippen LogP contribution in [0.3, 0.4) is 0 Å². The van der Waals surface area contributed by atoms with Crippen molar-refractivity contribution >= 4 is 0 Å². The van der Waals surface area contributed by atoms with E-state index in [0.29, 0.717) is 6.04 Å². The zero-order valence-corrected chi connectivity index (χ0v) is 13.4.